The third-order valence-corrected chi connectivity index (χ3v) is 5.30. The van der Waals surface area contributed by atoms with E-state index >= 15 is 0 Å². The second kappa shape index (κ2) is 10.6. The molecule has 2 aromatic rings. The van der Waals surface area contributed by atoms with Crippen LogP contribution in [0.1, 0.15) is 10.4 Å². The van der Waals surface area contributed by atoms with Crippen molar-refractivity contribution in [3.05, 3.63) is 58.1 Å². The Bertz CT molecular complexity index is 1080. The Balaban J connectivity index is 1.51. The fraction of sp³-hybridized carbons (Fsp3) is 0.364. The van der Waals surface area contributed by atoms with E-state index in [1.165, 1.54) is 24.3 Å². The van der Waals surface area contributed by atoms with Gasteiger partial charge in [-0.3, -0.25) is 24.6 Å². The number of amides is 2. The molecular formula is C22H24F3N5O5. The number of nitro benzene ring substituents is 1. The van der Waals surface area contributed by atoms with Crippen LogP contribution in [0.25, 0.3) is 0 Å². The summed E-state index contributed by atoms with van der Waals surface area (Å²) in [5.41, 5.74) is 0.770. The number of benzene rings is 2. The zero-order chi connectivity index (χ0) is 25.8. The van der Waals surface area contributed by atoms with Crippen molar-refractivity contribution >= 4 is 28.9 Å². The van der Waals surface area contributed by atoms with Gasteiger partial charge in [-0.25, -0.2) is 0 Å². The van der Waals surface area contributed by atoms with Crippen LogP contribution in [0, 0.1) is 10.1 Å². The molecule has 13 heteroatoms. The van der Waals surface area contributed by atoms with Crippen molar-refractivity contribution in [3.8, 4) is 5.75 Å². The molecule has 1 aliphatic rings. The third-order valence-electron chi connectivity index (χ3n) is 5.30. The fourth-order valence-corrected chi connectivity index (χ4v) is 3.62. The minimum Gasteiger partial charge on any atom is -0.406 e. The lowest BCUT2D eigenvalue weighted by Crippen LogP contribution is -2.50. The molecule has 0 saturated carbocycles. The van der Waals surface area contributed by atoms with Crippen LogP contribution in [-0.2, 0) is 4.79 Å². The maximum Gasteiger partial charge on any atom is 0.573 e. The molecule has 35 heavy (non-hydrogen) atoms. The van der Waals surface area contributed by atoms with Crippen LogP contribution in [0.4, 0.5) is 30.2 Å². The monoisotopic (exact) mass is 495 g/mol. The molecule has 1 fully saturated rings. The SMILES string of the molecule is CN(C)c1ccc(C(=O)N2CCN(CC(=O)Nc3ccc(OC(F)(F)F)cc3)CC2)cc1[N+](=O)[O-]. The lowest BCUT2D eigenvalue weighted by Gasteiger charge is -2.34. The highest BCUT2D eigenvalue weighted by Crippen LogP contribution is 2.28. The number of hydrogen-bond acceptors (Lipinski definition) is 7. The fourth-order valence-electron chi connectivity index (χ4n) is 3.62. The van der Waals surface area contributed by atoms with E-state index in [1.807, 2.05) is 4.90 Å². The molecule has 1 aliphatic heterocycles. The molecule has 0 radical (unpaired) electrons. The van der Waals surface area contributed by atoms with Gasteiger partial charge in [0.1, 0.15) is 11.4 Å². The molecule has 0 aliphatic carbocycles. The Labute approximate surface area is 199 Å². The van der Waals surface area contributed by atoms with Crippen molar-refractivity contribution in [2.75, 3.05) is 57.0 Å². The molecule has 3 rings (SSSR count). The summed E-state index contributed by atoms with van der Waals surface area (Å²) < 4.78 is 40.5. The molecule has 0 bridgehead atoms. The van der Waals surface area contributed by atoms with E-state index in [2.05, 4.69) is 10.1 Å². The molecular weight excluding hydrogens is 471 g/mol. The van der Waals surface area contributed by atoms with E-state index < -0.39 is 17.0 Å². The van der Waals surface area contributed by atoms with Crippen molar-refractivity contribution in [1.82, 2.24) is 9.80 Å². The van der Waals surface area contributed by atoms with Gasteiger partial charge in [0.15, 0.2) is 0 Å². The number of anilines is 2. The molecule has 188 valence electrons. The van der Waals surface area contributed by atoms with Crippen molar-refractivity contribution in [3.63, 3.8) is 0 Å². The standard InChI is InChI=1S/C22H24F3N5O5/c1-27(2)18-8-3-15(13-19(18)30(33)34)21(32)29-11-9-28(10-12-29)14-20(31)26-16-4-6-17(7-5-16)35-22(23,24)25/h3-8,13H,9-12,14H2,1-2H3,(H,26,31). The molecule has 2 aromatic carbocycles. The highest BCUT2D eigenvalue weighted by Gasteiger charge is 2.31. The second-order valence-corrected chi connectivity index (χ2v) is 8.04. The van der Waals surface area contributed by atoms with Crippen molar-refractivity contribution in [2.45, 2.75) is 6.36 Å². The Kier molecular flexibility index (Phi) is 7.79. The molecule has 1 saturated heterocycles. The van der Waals surface area contributed by atoms with Gasteiger partial charge < -0.3 is 19.9 Å². The second-order valence-electron chi connectivity index (χ2n) is 8.04. The number of ether oxygens (including phenoxy) is 1. The number of carbonyl (C=O) groups excluding carboxylic acids is 2. The average Bonchev–Trinajstić information content (AvgIpc) is 2.79. The van der Waals surface area contributed by atoms with E-state index in [-0.39, 0.29) is 29.6 Å². The topological polar surface area (TPSA) is 108 Å². The predicted molar refractivity (Wildman–Crippen MR) is 122 cm³/mol. The van der Waals surface area contributed by atoms with Crippen molar-refractivity contribution in [2.24, 2.45) is 0 Å². The Morgan fingerprint density at radius 3 is 2.26 bits per heavy atom. The number of nitro groups is 1. The van der Waals surface area contributed by atoms with Gasteiger partial charge >= 0.3 is 6.36 Å². The molecule has 0 atom stereocenters. The first-order valence-corrected chi connectivity index (χ1v) is 10.6. The minimum absolute atomic E-state index is 0.0336. The number of alkyl halides is 3. The van der Waals surface area contributed by atoms with Crippen molar-refractivity contribution in [1.29, 1.82) is 0 Å². The summed E-state index contributed by atoms with van der Waals surface area (Å²) in [7, 11) is 3.35. The van der Waals surface area contributed by atoms with Gasteiger partial charge in [-0.15, -0.1) is 13.2 Å². The number of carbonyl (C=O) groups is 2. The van der Waals surface area contributed by atoms with Crippen LogP contribution in [0.5, 0.6) is 5.75 Å². The Morgan fingerprint density at radius 2 is 1.71 bits per heavy atom. The van der Waals surface area contributed by atoms with Crippen LogP contribution in [0.2, 0.25) is 0 Å². The minimum atomic E-state index is -4.79. The van der Waals surface area contributed by atoms with Gasteiger partial charge in [0.05, 0.1) is 11.5 Å². The van der Waals surface area contributed by atoms with E-state index in [1.54, 1.807) is 30.0 Å². The maximum absolute atomic E-state index is 12.9. The maximum atomic E-state index is 12.9. The van der Waals surface area contributed by atoms with Gasteiger partial charge in [0.25, 0.3) is 11.6 Å². The molecule has 2 amide bonds. The quantitative estimate of drug-likeness (QED) is 0.465. The van der Waals surface area contributed by atoms with E-state index in [0.717, 1.165) is 12.1 Å². The van der Waals surface area contributed by atoms with Crippen LogP contribution in [0.3, 0.4) is 0 Å². The van der Waals surface area contributed by atoms with E-state index in [0.29, 0.717) is 37.6 Å². The first-order chi connectivity index (χ1) is 16.4. The number of hydrogen-bond donors (Lipinski definition) is 1. The number of halogens is 3. The number of rotatable bonds is 7. The number of nitrogens with one attached hydrogen (secondary N) is 1. The summed E-state index contributed by atoms with van der Waals surface area (Å²) in [5.74, 6) is -1.08. The van der Waals surface area contributed by atoms with Gasteiger partial charge in [-0.1, -0.05) is 0 Å². The van der Waals surface area contributed by atoms with Gasteiger partial charge in [-0.2, -0.15) is 0 Å². The first kappa shape index (κ1) is 25.7. The summed E-state index contributed by atoms with van der Waals surface area (Å²) in [5, 5.41) is 14.0. The van der Waals surface area contributed by atoms with E-state index in [4.69, 9.17) is 0 Å². The molecule has 10 nitrogen and oxygen atoms in total. The number of nitrogens with zero attached hydrogens (tertiary/aromatic N) is 4. The van der Waals surface area contributed by atoms with E-state index in [9.17, 15) is 32.9 Å². The zero-order valence-corrected chi connectivity index (χ0v) is 19.0. The van der Waals surface area contributed by atoms with Crippen LogP contribution < -0.4 is 15.0 Å². The largest absolute Gasteiger partial charge is 0.573 e. The highest BCUT2D eigenvalue weighted by atomic mass is 19.4. The predicted octanol–water partition coefficient (Wildman–Crippen LogP) is 2.96. The molecule has 0 spiro atoms. The molecule has 1 heterocycles. The van der Waals surface area contributed by atoms with Gasteiger partial charge in [0, 0.05) is 57.6 Å². The molecule has 0 aromatic heterocycles. The lowest BCUT2D eigenvalue weighted by atomic mass is 10.1. The molecule has 0 unspecified atom stereocenters. The van der Waals surface area contributed by atoms with Gasteiger partial charge in [-0.05, 0) is 36.4 Å². The summed E-state index contributed by atoms with van der Waals surface area (Å²) >= 11 is 0. The molecule has 1 N–H and O–H groups in total. The first-order valence-electron chi connectivity index (χ1n) is 10.6. The summed E-state index contributed by atoms with van der Waals surface area (Å²) in [4.78, 5) is 41.0. The average molecular weight is 495 g/mol. The van der Waals surface area contributed by atoms with Crippen LogP contribution in [0.15, 0.2) is 42.5 Å². The highest BCUT2D eigenvalue weighted by molar-refractivity contribution is 5.96. The summed E-state index contributed by atoms with van der Waals surface area (Å²) in [6.45, 7) is 1.52. The lowest BCUT2D eigenvalue weighted by molar-refractivity contribution is -0.384. The van der Waals surface area contributed by atoms with Gasteiger partial charge in [0.2, 0.25) is 5.91 Å². The zero-order valence-electron chi connectivity index (χ0n) is 19.0. The van der Waals surface area contributed by atoms with Crippen LogP contribution in [-0.4, -0.2) is 79.7 Å². The Hall–Kier alpha value is -3.87. The summed E-state index contributed by atoms with van der Waals surface area (Å²) in [6.07, 6.45) is -4.79. The smallest absolute Gasteiger partial charge is 0.406 e. The normalized spacial score (nSPS) is 14.4. The number of piperazine rings is 1. The third kappa shape index (κ3) is 7.06. The van der Waals surface area contributed by atoms with Crippen molar-refractivity contribution < 1.29 is 32.4 Å². The summed E-state index contributed by atoms with van der Waals surface area (Å²) in [6, 6.07) is 9.16. The van der Waals surface area contributed by atoms with Crippen LogP contribution >= 0.6 is 0 Å². The Morgan fingerprint density at radius 1 is 1.09 bits per heavy atom.